The third kappa shape index (κ3) is 3.27. The molecule has 1 aromatic rings. The normalized spacial score (nSPS) is 30.4. The maximum absolute atomic E-state index is 13.9. The van der Waals surface area contributed by atoms with Crippen LogP contribution in [0.4, 0.5) is 8.78 Å². The van der Waals surface area contributed by atoms with Crippen LogP contribution < -0.4 is 5.32 Å². The molecule has 0 saturated heterocycles. The molecule has 21 heavy (non-hydrogen) atoms. The Morgan fingerprint density at radius 1 is 1.24 bits per heavy atom. The van der Waals surface area contributed by atoms with Crippen molar-refractivity contribution in [2.45, 2.75) is 25.7 Å². The van der Waals surface area contributed by atoms with Crippen molar-refractivity contribution in [2.75, 3.05) is 26.8 Å². The van der Waals surface area contributed by atoms with Gasteiger partial charge < -0.3 is 10.1 Å². The molecule has 2 saturated carbocycles. The predicted molar refractivity (Wildman–Crippen MR) is 78.1 cm³/mol. The molecule has 2 atom stereocenters. The van der Waals surface area contributed by atoms with Gasteiger partial charge in [-0.1, -0.05) is 6.07 Å². The zero-order chi connectivity index (χ0) is 14.9. The van der Waals surface area contributed by atoms with E-state index < -0.39 is 11.6 Å². The highest BCUT2D eigenvalue weighted by molar-refractivity contribution is 5.23. The molecular formula is C17H23F2NO. The van der Waals surface area contributed by atoms with E-state index in [9.17, 15) is 8.78 Å². The zero-order valence-electron chi connectivity index (χ0n) is 12.5. The molecule has 116 valence electrons. The second-order valence-electron chi connectivity index (χ2n) is 6.71. The molecule has 0 aliphatic heterocycles. The Kier molecular flexibility index (Phi) is 4.27. The number of fused-ring (bicyclic) bond motifs is 1. The molecule has 1 aromatic carbocycles. The van der Waals surface area contributed by atoms with Gasteiger partial charge in [-0.15, -0.1) is 0 Å². The van der Waals surface area contributed by atoms with Gasteiger partial charge in [-0.2, -0.15) is 0 Å². The van der Waals surface area contributed by atoms with Gasteiger partial charge in [-0.05, 0) is 55.1 Å². The third-order valence-corrected chi connectivity index (χ3v) is 5.06. The Morgan fingerprint density at radius 3 is 2.52 bits per heavy atom. The van der Waals surface area contributed by atoms with Crippen molar-refractivity contribution in [1.29, 1.82) is 0 Å². The van der Waals surface area contributed by atoms with Gasteiger partial charge >= 0.3 is 0 Å². The van der Waals surface area contributed by atoms with E-state index >= 15 is 0 Å². The van der Waals surface area contributed by atoms with E-state index in [1.165, 1.54) is 24.6 Å². The Morgan fingerprint density at radius 2 is 1.90 bits per heavy atom. The molecular weight excluding hydrogens is 272 g/mol. The van der Waals surface area contributed by atoms with Crippen LogP contribution >= 0.6 is 0 Å². The highest BCUT2D eigenvalue weighted by Gasteiger charge is 2.53. The van der Waals surface area contributed by atoms with E-state index in [0.29, 0.717) is 13.0 Å². The fraction of sp³-hybridized carbons (Fsp3) is 0.647. The van der Waals surface area contributed by atoms with Crippen LogP contribution in [0.1, 0.15) is 24.8 Å². The maximum atomic E-state index is 13.9. The third-order valence-electron chi connectivity index (χ3n) is 5.06. The van der Waals surface area contributed by atoms with Crippen molar-refractivity contribution < 1.29 is 13.5 Å². The molecule has 2 unspecified atom stereocenters. The lowest BCUT2D eigenvalue weighted by Crippen LogP contribution is -2.37. The average molecular weight is 295 g/mol. The van der Waals surface area contributed by atoms with Gasteiger partial charge in [0.25, 0.3) is 0 Å². The first-order valence-electron chi connectivity index (χ1n) is 7.76. The van der Waals surface area contributed by atoms with Crippen LogP contribution in [0.5, 0.6) is 0 Å². The first-order valence-corrected chi connectivity index (χ1v) is 7.76. The van der Waals surface area contributed by atoms with Crippen molar-refractivity contribution in [3.63, 3.8) is 0 Å². The molecule has 3 rings (SSSR count). The SMILES string of the molecule is COCCNCC1(Cc2c(F)cccc2F)CC2CC2C1. The minimum Gasteiger partial charge on any atom is -0.383 e. The highest BCUT2D eigenvalue weighted by Crippen LogP contribution is 2.60. The summed E-state index contributed by atoms with van der Waals surface area (Å²) in [4.78, 5) is 0. The van der Waals surface area contributed by atoms with Crippen molar-refractivity contribution >= 4 is 0 Å². The number of nitrogens with one attached hydrogen (secondary N) is 1. The van der Waals surface area contributed by atoms with Gasteiger partial charge in [0.15, 0.2) is 0 Å². The summed E-state index contributed by atoms with van der Waals surface area (Å²) in [6.45, 7) is 2.27. The monoisotopic (exact) mass is 295 g/mol. The first-order chi connectivity index (χ1) is 10.1. The minimum absolute atomic E-state index is 0.00432. The molecule has 0 amide bonds. The molecule has 2 aliphatic rings. The molecule has 0 aromatic heterocycles. The summed E-state index contributed by atoms with van der Waals surface area (Å²) in [6.07, 6.45) is 3.98. The van der Waals surface area contributed by atoms with Crippen LogP contribution in [0.2, 0.25) is 0 Å². The number of hydrogen-bond acceptors (Lipinski definition) is 2. The Bertz CT molecular complexity index is 475. The lowest BCUT2D eigenvalue weighted by atomic mass is 9.77. The number of hydrogen-bond donors (Lipinski definition) is 1. The highest BCUT2D eigenvalue weighted by atomic mass is 19.1. The number of ether oxygens (including phenoxy) is 1. The summed E-state index contributed by atoms with van der Waals surface area (Å²) in [5.74, 6) is 0.742. The molecule has 2 aliphatic carbocycles. The number of rotatable bonds is 7. The Labute approximate surface area is 124 Å². The summed E-state index contributed by atoms with van der Waals surface area (Å²) < 4.78 is 32.9. The van der Waals surface area contributed by atoms with E-state index in [4.69, 9.17) is 4.74 Å². The van der Waals surface area contributed by atoms with Crippen LogP contribution in [-0.2, 0) is 11.2 Å². The molecule has 2 nitrogen and oxygen atoms in total. The van der Waals surface area contributed by atoms with Crippen LogP contribution in [0.25, 0.3) is 0 Å². The van der Waals surface area contributed by atoms with Crippen molar-refractivity contribution in [1.82, 2.24) is 5.32 Å². The van der Waals surface area contributed by atoms with Crippen LogP contribution in [0, 0.1) is 28.9 Å². The summed E-state index contributed by atoms with van der Waals surface area (Å²) in [5.41, 5.74) is 0.261. The number of benzene rings is 1. The van der Waals surface area contributed by atoms with Crippen LogP contribution in [0.15, 0.2) is 18.2 Å². The fourth-order valence-electron chi connectivity index (χ4n) is 3.96. The lowest BCUT2D eigenvalue weighted by molar-refractivity contribution is 0.185. The second-order valence-corrected chi connectivity index (χ2v) is 6.71. The predicted octanol–water partition coefficient (Wildman–Crippen LogP) is 3.16. The zero-order valence-corrected chi connectivity index (χ0v) is 12.5. The van der Waals surface area contributed by atoms with Gasteiger partial charge in [0.1, 0.15) is 11.6 Å². The summed E-state index contributed by atoms with van der Waals surface area (Å²) in [6, 6.07) is 4.16. The summed E-state index contributed by atoms with van der Waals surface area (Å²) >= 11 is 0. The minimum atomic E-state index is -0.410. The first kappa shape index (κ1) is 14.9. The average Bonchev–Trinajstić information content (AvgIpc) is 3.08. The molecule has 2 fully saturated rings. The van der Waals surface area contributed by atoms with Gasteiger partial charge in [0.05, 0.1) is 6.61 Å². The standard InChI is InChI=1S/C17H23F2NO/c1-21-6-5-20-11-17(8-12-7-13(12)9-17)10-14-15(18)3-2-4-16(14)19/h2-4,12-13,20H,5-11H2,1H3. The molecule has 0 bridgehead atoms. The van der Waals surface area contributed by atoms with Crippen molar-refractivity contribution in [3.05, 3.63) is 35.4 Å². The van der Waals surface area contributed by atoms with Gasteiger partial charge in [0.2, 0.25) is 0 Å². The van der Waals surface area contributed by atoms with E-state index in [2.05, 4.69) is 5.32 Å². The van der Waals surface area contributed by atoms with E-state index in [0.717, 1.165) is 37.8 Å². The Hall–Kier alpha value is -1.00. The van der Waals surface area contributed by atoms with E-state index in [-0.39, 0.29) is 11.0 Å². The summed E-state index contributed by atoms with van der Waals surface area (Å²) in [7, 11) is 1.68. The fourth-order valence-corrected chi connectivity index (χ4v) is 3.96. The second kappa shape index (κ2) is 6.01. The maximum Gasteiger partial charge on any atom is 0.129 e. The largest absolute Gasteiger partial charge is 0.383 e. The van der Waals surface area contributed by atoms with Gasteiger partial charge in [0, 0.05) is 25.8 Å². The molecule has 0 spiro atoms. The van der Waals surface area contributed by atoms with E-state index in [1.54, 1.807) is 7.11 Å². The molecule has 4 heteroatoms. The van der Waals surface area contributed by atoms with E-state index in [1.807, 2.05) is 0 Å². The Balaban J connectivity index is 1.71. The molecule has 0 radical (unpaired) electrons. The summed E-state index contributed by atoms with van der Waals surface area (Å²) in [5, 5.41) is 3.40. The molecule has 1 N–H and O–H groups in total. The number of methoxy groups -OCH3 is 1. The smallest absolute Gasteiger partial charge is 0.129 e. The van der Waals surface area contributed by atoms with Gasteiger partial charge in [-0.25, -0.2) is 8.78 Å². The van der Waals surface area contributed by atoms with Crippen LogP contribution in [0.3, 0.4) is 0 Å². The van der Waals surface area contributed by atoms with Crippen molar-refractivity contribution in [3.8, 4) is 0 Å². The van der Waals surface area contributed by atoms with Crippen LogP contribution in [-0.4, -0.2) is 26.8 Å². The quantitative estimate of drug-likeness (QED) is 0.780. The van der Waals surface area contributed by atoms with Crippen molar-refractivity contribution in [2.24, 2.45) is 17.3 Å². The molecule has 0 heterocycles. The van der Waals surface area contributed by atoms with Gasteiger partial charge in [-0.3, -0.25) is 0 Å². The topological polar surface area (TPSA) is 21.3 Å². The number of halogens is 2. The lowest BCUT2D eigenvalue weighted by Gasteiger charge is -2.32.